The average Bonchev–Trinajstić information content (AvgIpc) is 2.72. The highest BCUT2D eigenvalue weighted by Gasteiger charge is 2.30. The lowest BCUT2D eigenvalue weighted by Crippen LogP contribution is -2.35. The van der Waals surface area contributed by atoms with Crippen LogP contribution in [0.4, 0.5) is 15.8 Å². The summed E-state index contributed by atoms with van der Waals surface area (Å²) in [7, 11) is 0. The number of nitrogens with two attached hydrogens (primary N) is 1. The van der Waals surface area contributed by atoms with Gasteiger partial charge in [0.1, 0.15) is 0 Å². The fourth-order valence-corrected chi connectivity index (χ4v) is 2.03. The number of ether oxygens (including phenoxy) is 2. The minimum absolute atomic E-state index is 0.157. The smallest absolute Gasteiger partial charge is 0.167 e. The Hall–Kier alpha value is -1.49. The van der Waals surface area contributed by atoms with Crippen LogP contribution in [0.15, 0.2) is 12.1 Å². The summed E-state index contributed by atoms with van der Waals surface area (Å²) in [5.41, 5.74) is 6.73. The number of benzene rings is 1. The van der Waals surface area contributed by atoms with Crippen LogP contribution in [0.1, 0.15) is 20.3 Å². The molecule has 0 aromatic heterocycles. The normalized spacial score (nSPS) is 23.1. The van der Waals surface area contributed by atoms with E-state index < -0.39 is 5.82 Å². The van der Waals surface area contributed by atoms with Crippen molar-refractivity contribution in [1.82, 2.24) is 0 Å². The average molecular weight is 254 g/mol. The van der Waals surface area contributed by atoms with E-state index in [1.165, 1.54) is 6.07 Å². The Morgan fingerprint density at radius 3 is 2.94 bits per heavy atom. The van der Waals surface area contributed by atoms with Crippen molar-refractivity contribution >= 4 is 11.4 Å². The lowest BCUT2D eigenvalue weighted by Gasteiger charge is -2.26. The van der Waals surface area contributed by atoms with E-state index >= 15 is 0 Å². The Labute approximate surface area is 106 Å². The molecular weight excluding hydrogens is 235 g/mol. The summed E-state index contributed by atoms with van der Waals surface area (Å²) in [4.78, 5) is 0. The maximum Gasteiger partial charge on any atom is 0.167 e. The summed E-state index contributed by atoms with van der Waals surface area (Å²) in [5.74, 6) is -0.218. The molecule has 18 heavy (non-hydrogen) atoms. The first-order chi connectivity index (χ1) is 8.54. The quantitative estimate of drug-likeness (QED) is 0.810. The topological polar surface area (TPSA) is 56.5 Å². The second kappa shape index (κ2) is 5.02. The van der Waals surface area contributed by atoms with Gasteiger partial charge < -0.3 is 20.5 Å². The molecule has 1 unspecified atom stereocenters. The van der Waals surface area contributed by atoms with Gasteiger partial charge in [0, 0.05) is 18.7 Å². The summed E-state index contributed by atoms with van der Waals surface area (Å²) in [6, 6.07) is 2.89. The highest BCUT2D eigenvalue weighted by molar-refractivity contribution is 5.69. The molecule has 4 nitrogen and oxygen atoms in total. The van der Waals surface area contributed by atoms with Crippen molar-refractivity contribution in [3.05, 3.63) is 17.9 Å². The molecule has 0 aliphatic carbocycles. The SMILES string of the molecule is CCOc1cc(NC2(C)CCOC2)c(N)cc1F. The second-order valence-electron chi connectivity index (χ2n) is 4.79. The molecule has 1 saturated heterocycles. The summed E-state index contributed by atoms with van der Waals surface area (Å²) in [6.45, 7) is 5.63. The summed E-state index contributed by atoms with van der Waals surface area (Å²) in [6.07, 6.45) is 0.897. The molecule has 100 valence electrons. The Balaban J connectivity index is 2.23. The van der Waals surface area contributed by atoms with Crippen LogP contribution < -0.4 is 15.8 Å². The number of anilines is 2. The van der Waals surface area contributed by atoms with Gasteiger partial charge >= 0.3 is 0 Å². The van der Waals surface area contributed by atoms with Gasteiger partial charge in [-0.25, -0.2) is 4.39 Å². The molecule has 3 N–H and O–H groups in total. The van der Waals surface area contributed by atoms with Gasteiger partial charge in [-0.15, -0.1) is 0 Å². The van der Waals surface area contributed by atoms with Crippen LogP contribution in [0.25, 0.3) is 0 Å². The molecule has 1 aromatic carbocycles. The van der Waals surface area contributed by atoms with Gasteiger partial charge in [-0.05, 0) is 20.3 Å². The van der Waals surface area contributed by atoms with Gasteiger partial charge in [0.25, 0.3) is 0 Å². The predicted octanol–water partition coefficient (Wildman–Crippen LogP) is 2.40. The highest BCUT2D eigenvalue weighted by atomic mass is 19.1. The minimum Gasteiger partial charge on any atom is -0.491 e. The standard InChI is InChI=1S/C13H19FN2O2/c1-3-18-12-7-11(10(15)6-9(12)14)16-13(2)4-5-17-8-13/h6-7,16H,3-5,8,15H2,1-2H3. The van der Waals surface area contributed by atoms with Crippen LogP contribution in [0.5, 0.6) is 5.75 Å². The third-order valence-corrected chi connectivity index (χ3v) is 3.06. The van der Waals surface area contributed by atoms with E-state index in [1.54, 1.807) is 6.07 Å². The summed E-state index contributed by atoms with van der Waals surface area (Å²) >= 11 is 0. The Morgan fingerprint density at radius 1 is 1.56 bits per heavy atom. The molecule has 1 atom stereocenters. The van der Waals surface area contributed by atoms with E-state index in [0.717, 1.165) is 13.0 Å². The van der Waals surface area contributed by atoms with Gasteiger partial charge in [-0.3, -0.25) is 0 Å². The monoisotopic (exact) mass is 254 g/mol. The molecule has 0 bridgehead atoms. The molecule has 0 radical (unpaired) electrons. The van der Waals surface area contributed by atoms with Crippen molar-refractivity contribution in [2.24, 2.45) is 0 Å². The van der Waals surface area contributed by atoms with E-state index in [1.807, 2.05) is 6.92 Å². The van der Waals surface area contributed by atoms with Crippen molar-refractivity contribution in [2.75, 3.05) is 30.9 Å². The second-order valence-corrected chi connectivity index (χ2v) is 4.79. The van der Waals surface area contributed by atoms with Crippen molar-refractivity contribution in [3.8, 4) is 5.75 Å². The van der Waals surface area contributed by atoms with E-state index in [2.05, 4.69) is 12.2 Å². The van der Waals surface area contributed by atoms with Gasteiger partial charge in [0.15, 0.2) is 11.6 Å². The van der Waals surface area contributed by atoms with E-state index in [9.17, 15) is 4.39 Å². The molecule has 2 rings (SSSR count). The zero-order chi connectivity index (χ0) is 13.2. The van der Waals surface area contributed by atoms with Gasteiger partial charge in [-0.2, -0.15) is 0 Å². The highest BCUT2D eigenvalue weighted by Crippen LogP contribution is 2.32. The van der Waals surface area contributed by atoms with Crippen molar-refractivity contribution < 1.29 is 13.9 Å². The van der Waals surface area contributed by atoms with Gasteiger partial charge in [0.2, 0.25) is 0 Å². The van der Waals surface area contributed by atoms with E-state index in [4.69, 9.17) is 15.2 Å². The van der Waals surface area contributed by atoms with E-state index in [0.29, 0.717) is 24.6 Å². The van der Waals surface area contributed by atoms with Crippen LogP contribution in [0, 0.1) is 5.82 Å². The molecule has 0 amide bonds. The number of nitrogens with one attached hydrogen (secondary N) is 1. The van der Waals surface area contributed by atoms with Gasteiger partial charge in [0.05, 0.1) is 30.1 Å². The summed E-state index contributed by atoms with van der Waals surface area (Å²) in [5, 5.41) is 3.31. The lowest BCUT2D eigenvalue weighted by atomic mass is 10.0. The number of rotatable bonds is 4. The van der Waals surface area contributed by atoms with Crippen LogP contribution in [0.2, 0.25) is 0 Å². The largest absolute Gasteiger partial charge is 0.491 e. The van der Waals surface area contributed by atoms with Crippen LogP contribution in [-0.4, -0.2) is 25.4 Å². The molecule has 1 aromatic rings. The van der Waals surface area contributed by atoms with Crippen molar-refractivity contribution in [3.63, 3.8) is 0 Å². The molecule has 1 aliphatic rings. The van der Waals surface area contributed by atoms with Crippen LogP contribution in [0.3, 0.4) is 0 Å². The fraction of sp³-hybridized carbons (Fsp3) is 0.538. The zero-order valence-electron chi connectivity index (χ0n) is 10.8. The first kappa shape index (κ1) is 13.0. The Kier molecular flexibility index (Phi) is 3.61. The molecule has 0 spiro atoms. The zero-order valence-corrected chi connectivity index (χ0v) is 10.8. The molecular formula is C13H19FN2O2. The molecule has 0 saturated carbocycles. The molecule has 1 fully saturated rings. The summed E-state index contributed by atoms with van der Waals surface area (Å²) < 4.78 is 24.2. The van der Waals surface area contributed by atoms with Crippen LogP contribution >= 0.6 is 0 Å². The first-order valence-electron chi connectivity index (χ1n) is 6.12. The Bertz CT molecular complexity index is 431. The van der Waals surface area contributed by atoms with Crippen molar-refractivity contribution in [2.45, 2.75) is 25.8 Å². The fourth-order valence-electron chi connectivity index (χ4n) is 2.03. The predicted molar refractivity (Wildman–Crippen MR) is 69.4 cm³/mol. The Morgan fingerprint density at radius 2 is 2.33 bits per heavy atom. The molecule has 5 heteroatoms. The van der Waals surface area contributed by atoms with Gasteiger partial charge in [-0.1, -0.05) is 0 Å². The maximum absolute atomic E-state index is 13.6. The van der Waals surface area contributed by atoms with E-state index in [-0.39, 0.29) is 11.3 Å². The molecule has 1 aliphatic heterocycles. The van der Waals surface area contributed by atoms with Crippen LogP contribution in [-0.2, 0) is 4.74 Å². The third kappa shape index (κ3) is 2.67. The lowest BCUT2D eigenvalue weighted by molar-refractivity contribution is 0.185. The third-order valence-electron chi connectivity index (χ3n) is 3.06. The number of halogens is 1. The maximum atomic E-state index is 13.6. The minimum atomic E-state index is -0.437. The van der Waals surface area contributed by atoms with Crippen molar-refractivity contribution in [1.29, 1.82) is 0 Å². The first-order valence-corrected chi connectivity index (χ1v) is 6.12. The number of hydrogen-bond donors (Lipinski definition) is 2. The molecule has 1 heterocycles. The number of nitrogen functional groups attached to an aromatic ring is 1. The number of hydrogen-bond acceptors (Lipinski definition) is 4.